The third kappa shape index (κ3) is 6.58. The molecule has 10 nitrogen and oxygen atoms in total. The number of hydrogen-bond acceptors (Lipinski definition) is 7. The molecule has 12 heteroatoms. The maximum atomic E-state index is 12.8. The third-order valence-corrected chi connectivity index (χ3v) is 6.63. The van der Waals surface area contributed by atoms with Crippen LogP contribution >= 0.6 is 23.4 Å². The Bertz CT molecular complexity index is 1260. The highest BCUT2D eigenvalue weighted by molar-refractivity contribution is 7.99. The van der Waals surface area contributed by atoms with Crippen LogP contribution in [0.3, 0.4) is 0 Å². The van der Waals surface area contributed by atoms with E-state index in [0.717, 1.165) is 5.56 Å². The number of thioether (sulfide) groups is 1. The highest BCUT2D eigenvalue weighted by atomic mass is 35.5. The summed E-state index contributed by atoms with van der Waals surface area (Å²) >= 11 is 7.32. The topological polar surface area (TPSA) is 132 Å². The number of nitrogens with zero attached hydrogens (tertiary/aromatic N) is 4. The van der Waals surface area contributed by atoms with Gasteiger partial charge in [-0.3, -0.25) is 19.7 Å². The summed E-state index contributed by atoms with van der Waals surface area (Å²) in [6, 6.07) is 10.3. The molecule has 0 aliphatic carbocycles. The first-order chi connectivity index (χ1) is 16.6. The maximum Gasteiger partial charge on any atom is 0.270 e. The van der Waals surface area contributed by atoms with Crippen LogP contribution in [-0.4, -0.2) is 37.3 Å². The summed E-state index contributed by atoms with van der Waals surface area (Å²) in [5, 5.41) is 26.2. The third-order valence-electron chi connectivity index (χ3n) is 5.21. The second-order valence-electron chi connectivity index (χ2n) is 8.20. The van der Waals surface area contributed by atoms with Crippen molar-refractivity contribution >= 4 is 46.6 Å². The lowest BCUT2D eigenvalue weighted by Crippen LogP contribution is -2.33. The van der Waals surface area contributed by atoms with Gasteiger partial charge in [0.25, 0.3) is 11.6 Å². The number of nitro benzene ring substituents is 1. The van der Waals surface area contributed by atoms with Gasteiger partial charge in [0.05, 0.1) is 16.7 Å². The molecule has 2 N–H and O–H groups in total. The van der Waals surface area contributed by atoms with E-state index < -0.39 is 16.9 Å². The smallest absolute Gasteiger partial charge is 0.270 e. The normalized spacial score (nSPS) is 11.8. The molecule has 1 aromatic heterocycles. The minimum atomic E-state index is -0.549. The van der Waals surface area contributed by atoms with Crippen LogP contribution in [0, 0.1) is 23.0 Å². The molecule has 35 heavy (non-hydrogen) atoms. The Morgan fingerprint density at radius 2 is 1.94 bits per heavy atom. The molecule has 0 radical (unpaired) electrons. The Morgan fingerprint density at radius 1 is 1.20 bits per heavy atom. The van der Waals surface area contributed by atoms with Crippen LogP contribution in [-0.2, 0) is 11.8 Å². The second-order valence-corrected chi connectivity index (χ2v) is 9.55. The Hall–Kier alpha value is -3.44. The summed E-state index contributed by atoms with van der Waals surface area (Å²) < 4.78 is 1.72. The summed E-state index contributed by atoms with van der Waals surface area (Å²) in [6.07, 6.45) is 0. The molecule has 3 rings (SSSR count). The van der Waals surface area contributed by atoms with Crippen LogP contribution in [0.1, 0.15) is 41.6 Å². The molecule has 0 unspecified atom stereocenters. The fourth-order valence-corrected chi connectivity index (χ4v) is 4.13. The van der Waals surface area contributed by atoms with E-state index in [2.05, 4.69) is 20.8 Å². The molecule has 0 saturated carbocycles. The predicted molar refractivity (Wildman–Crippen MR) is 135 cm³/mol. The Labute approximate surface area is 211 Å². The van der Waals surface area contributed by atoms with E-state index in [1.807, 2.05) is 26.8 Å². The number of anilines is 1. The first-order valence-corrected chi connectivity index (χ1v) is 12.1. The van der Waals surface area contributed by atoms with E-state index in [1.165, 1.54) is 36.0 Å². The number of nitro groups is 1. The van der Waals surface area contributed by atoms with E-state index in [4.69, 9.17) is 11.6 Å². The largest absolute Gasteiger partial charge is 0.342 e. The number of non-ortho nitro benzene ring substituents is 1. The zero-order valence-corrected chi connectivity index (χ0v) is 21.2. The van der Waals surface area contributed by atoms with Gasteiger partial charge in [0.1, 0.15) is 0 Å². The van der Waals surface area contributed by atoms with Gasteiger partial charge in [-0.05, 0) is 36.6 Å². The molecule has 2 aromatic carbocycles. The highest BCUT2D eigenvalue weighted by Crippen LogP contribution is 2.25. The fourth-order valence-electron chi connectivity index (χ4n) is 3.24. The van der Waals surface area contributed by atoms with Crippen LogP contribution in [0.2, 0.25) is 5.02 Å². The molecule has 3 aromatic rings. The lowest BCUT2D eigenvalue weighted by molar-refractivity contribution is -0.384. The Kier molecular flexibility index (Phi) is 8.47. The van der Waals surface area contributed by atoms with Gasteiger partial charge in [-0.25, -0.2) is 0 Å². The van der Waals surface area contributed by atoms with Gasteiger partial charge in [0, 0.05) is 35.5 Å². The first-order valence-electron chi connectivity index (χ1n) is 10.7. The monoisotopic (exact) mass is 516 g/mol. The van der Waals surface area contributed by atoms with Crippen LogP contribution in [0.4, 0.5) is 11.4 Å². The number of rotatable bonds is 9. The van der Waals surface area contributed by atoms with E-state index in [9.17, 15) is 19.7 Å². The zero-order chi connectivity index (χ0) is 25.7. The van der Waals surface area contributed by atoms with Gasteiger partial charge >= 0.3 is 0 Å². The average Bonchev–Trinajstić information content (AvgIpc) is 3.18. The van der Waals surface area contributed by atoms with E-state index in [0.29, 0.717) is 21.7 Å². The molecule has 0 fully saturated rings. The molecule has 1 atom stereocenters. The van der Waals surface area contributed by atoms with Crippen LogP contribution in [0.25, 0.3) is 0 Å². The number of amides is 2. The molecular weight excluding hydrogens is 492 g/mol. The lowest BCUT2D eigenvalue weighted by atomic mass is 10.0. The van der Waals surface area contributed by atoms with Crippen molar-refractivity contribution in [1.82, 2.24) is 20.1 Å². The number of halogens is 1. The second kappa shape index (κ2) is 11.3. The Morgan fingerprint density at radius 3 is 2.60 bits per heavy atom. The molecule has 0 saturated heterocycles. The molecular formula is C23H25ClN6O4S. The van der Waals surface area contributed by atoms with Gasteiger partial charge in [-0.1, -0.05) is 49.3 Å². The van der Waals surface area contributed by atoms with Crippen molar-refractivity contribution in [3.63, 3.8) is 0 Å². The van der Waals surface area contributed by atoms with Gasteiger partial charge in [-0.2, -0.15) is 0 Å². The zero-order valence-electron chi connectivity index (χ0n) is 19.6. The van der Waals surface area contributed by atoms with E-state index >= 15 is 0 Å². The van der Waals surface area contributed by atoms with Gasteiger partial charge in [0.2, 0.25) is 5.91 Å². The van der Waals surface area contributed by atoms with Crippen molar-refractivity contribution in [2.24, 2.45) is 13.0 Å². The van der Waals surface area contributed by atoms with Gasteiger partial charge < -0.3 is 15.2 Å². The minimum absolute atomic E-state index is 0.0482. The molecule has 0 bridgehead atoms. The van der Waals surface area contributed by atoms with E-state index in [1.54, 1.807) is 23.7 Å². The summed E-state index contributed by atoms with van der Waals surface area (Å²) in [5.74, 6) is -0.122. The van der Waals surface area contributed by atoms with Crippen molar-refractivity contribution in [2.75, 3.05) is 11.1 Å². The minimum Gasteiger partial charge on any atom is -0.342 e. The van der Waals surface area contributed by atoms with Crippen molar-refractivity contribution in [3.05, 3.63) is 74.6 Å². The molecule has 0 aliphatic rings. The fraction of sp³-hybridized carbons (Fsp3) is 0.304. The van der Waals surface area contributed by atoms with Gasteiger partial charge in [-0.15, -0.1) is 10.2 Å². The maximum absolute atomic E-state index is 12.8. The highest BCUT2D eigenvalue weighted by Gasteiger charge is 2.26. The SMILES string of the molecule is Cc1ccc(NC(=O)CSc2nnc([C@H](NC(=O)c3cccc([N+](=O)[O-])c3)C(C)C)n2C)cc1Cl. The quantitative estimate of drug-likeness (QED) is 0.242. The molecule has 1 heterocycles. The summed E-state index contributed by atoms with van der Waals surface area (Å²) in [6.45, 7) is 5.71. The number of benzene rings is 2. The number of carbonyl (C=O) groups is 2. The standard InChI is InChI=1S/C23H25ClN6O4S/c1-13(2)20(26-22(32)15-6-5-7-17(10-15)30(33)34)21-27-28-23(29(21)4)35-12-19(31)25-16-9-8-14(3)18(24)11-16/h5-11,13,20H,12H2,1-4H3,(H,25,31)(H,26,32)/t20-/m1/s1. The van der Waals surface area contributed by atoms with Crippen LogP contribution in [0.15, 0.2) is 47.6 Å². The van der Waals surface area contributed by atoms with Gasteiger partial charge in [0.15, 0.2) is 11.0 Å². The predicted octanol–water partition coefficient (Wildman–Crippen LogP) is 4.54. The number of carbonyl (C=O) groups excluding carboxylic acids is 2. The van der Waals surface area contributed by atoms with E-state index in [-0.39, 0.29) is 28.8 Å². The number of aromatic nitrogens is 3. The summed E-state index contributed by atoms with van der Waals surface area (Å²) in [7, 11) is 1.75. The average molecular weight is 517 g/mol. The van der Waals surface area contributed by atoms with Crippen molar-refractivity contribution in [1.29, 1.82) is 0 Å². The molecule has 0 aliphatic heterocycles. The number of aryl methyl sites for hydroxylation is 1. The van der Waals surface area contributed by atoms with Crippen molar-refractivity contribution in [3.8, 4) is 0 Å². The molecule has 2 amide bonds. The first kappa shape index (κ1) is 26.2. The van der Waals surface area contributed by atoms with Crippen LogP contribution < -0.4 is 10.6 Å². The number of nitrogens with one attached hydrogen (secondary N) is 2. The lowest BCUT2D eigenvalue weighted by Gasteiger charge is -2.21. The van der Waals surface area contributed by atoms with Crippen molar-refractivity contribution in [2.45, 2.75) is 32.0 Å². The molecule has 184 valence electrons. The Balaban J connectivity index is 1.68. The molecule has 0 spiro atoms. The number of hydrogen-bond donors (Lipinski definition) is 2. The van der Waals surface area contributed by atoms with Crippen LogP contribution in [0.5, 0.6) is 0 Å². The van der Waals surface area contributed by atoms with Crippen molar-refractivity contribution < 1.29 is 14.5 Å². The summed E-state index contributed by atoms with van der Waals surface area (Å²) in [5.41, 5.74) is 1.54. The summed E-state index contributed by atoms with van der Waals surface area (Å²) in [4.78, 5) is 35.7.